The lowest BCUT2D eigenvalue weighted by Gasteiger charge is -2.16. The van der Waals surface area contributed by atoms with Crippen molar-refractivity contribution in [1.29, 1.82) is 0 Å². The van der Waals surface area contributed by atoms with Crippen LogP contribution in [0.1, 0.15) is 54.0 Å². The minimum absolute atomic E-state index is 0.174. The zero-order valence-electron chi connectivity index (χ0n) is 16.9. The first-order valence-corrected chi connectivity index (χ1v) is 9.85. The molecule has 1 aliphatic carbocycles. The van der Waals surface area contributed by atoms with Gasteiger partial charge in [-0.1, -0.05) is 12.1 Å². The monoisotopic (exact) mass is 395 g/mol. The molecule has 0 spiro atoms. The highest BCUT2D eigenvalue weighted by Crippen LogP contribution is 2.25. The fourth-order valence-corrected chi connectivity index (χ4v) is 3.99. The number of hydrogen-bond acceptors (Lipinski definition) is 4. The van der Waals surface area contributed by atoms with Crippen molar-refractivity contribution in [3.8, 4) is 0 Å². The molecular formula is C21H25N5O3. The number of carbonyl (C=O) groups excluding carboxylic acids is 3. The minimum Gasteiger partial charge on any atom is -0.324 e. The number of aryl methyl sites for hydroxylation is 2. The summed E-state index contributed by atoms with van der Waals surface area (Å²) in [5, 5.41) is 10.1. The standard InChI is InChI=1S/C21H25N5O3/c1-21(2)19(28)26(20(29)23-21)12-13-8-10-14(11-9-13)22-18(27)17-15-6-4-5-7-16(15)24-25(17)3/h8-11H,4-7,12H2,1-3H3,(H,22,27)(H,23,29). The Balaban J connectivity index is 1.45. The van der Waals surface area contributed by atoms with Gasteiger partial charge in [-0.2, -0.15) is 5.10 Å². The summed E-state index contributed by atoms with van der Waals surface area (Å²) in [5.41, 5.74) is 3.27. The van der Waals surface area contributed by atoms with Gasteiger partial charge in [-0.3, -0.25) is 19.2 Å². The molecule has 1 aromatic heterocycles. The normalized spacial score (nSPS) is 17.8. The summed E-state index contributed by atoms with van der Waals surface area (Å²) in [7, 11) is 1.80. The third-order valence-corrected chi connectivity index (χ3v) is 5.53. The van der Waals surface area contributed by atoms with Gasteiger partial charge in [-0.25, -0.2) is 4.79 Å². The SMILES string of the molecule is Cn1nc2c(c1C(=O)Nc1ccc(CN3C(=O)NC(C)(C)C3=O)cc1)CCCC2. The van der Waals surface area contributed by atoms with Crippen molar-refractivity contribution in [3.05, 3.63) is 46.8 Å². The van der Waals surface area contributed by atoms with Crippen LogP contribution in [0.15, 0.2) is 24.3 Å². The molecule has 1 fully saturated rings. The number of nitrogens with one attached hydrogen (secondary N) is 2. The van der Waals surface area contributed by atoms with Crippen LogP contribution in [0.3, 0.4) is 0 Å². The van der Waals surface area contributed by atoms with Crippen molar-refractivity contribution in [1.82, 2.24) is 20.0 Å². The summed E-state index contributed by atoms with van der Waals surface area (Å²) >= 11 is 0. The van der Waals surface area contributed by atoms with E-state index in [9.17, 15) is 14.4 Å². The van der Waals surface area contributed by atoms with Gasteiger partial charge in [0, 0.05) is 18.3 Å². The molecule has 2 heterocycles. The lowest BCUT2D eigenvalue weighted by Crippen LogP contribution is -2.40. The van der Waals surface area contributed by atoms with E-state index < -0.39 is 11.6 Å². The number of imide groups is 1. The molecule has 2 N–H and O–H groups in total. The fraction of sp³-hybridized carbons (Fsp3) is 0.429. The molecule has 0 radical (unpaired) electrons. The summed E-state index contributed by atoms with van der Waals surface area (Å²) < 4.78 is 1.67. The third kappa shape index (κ3) is 3.50. The zero-order chi connectivity index (χ0) is 20.8. The molecule has 0 saturated carbocycles. The summed E-state index contributed by atoms with van der Waals surface area (Å²) in [4.78, 5) is 38.4. The second-order valence-corrected chi connectivity index (χ2v) is 8.20. The number of rotatable bonds is 4. The summed E-state index contributed by atoms with van der Waals surface area (Å²) in [5.74, 6) is -0.424. The van der Waals surface area contributed by atoms with Gasteiger partial charge in [0.15, 0.2) is 0 Å². The molecule has 152 valence electrons. The topological polar surface area (TPSA) is 96.3 Å². The molecule has 8 nitrogen and oxygen atoms in total. The maximum atomic E-state index is 12.8. The molecule has 0 unspecified atom stereocenters. The lowest BCUT2D eigenvalue weighted by atomic mass is 9.95. The molecule has 2 aromatic rings. The number of aromatic nitrogens is 2. The Morgan fingerprint density at radius 1 is 1.17 bits per heavy atom. The maximum Gasteiger partial charge on any atom is 0.325 e. The number of hydrogen-bond donors (Lipinski definition) is 2. The number of urea groups is 1. The number of carbonyl (C=O) groups is 3. The molecule has 8 heteroatoms. The number of amides is 4. The average molecular weight is 395 g/mol. The van der Waals surface area contributed by atoms with Crippen molar-refractivity contribution >= 4 is 23.5 Å². The first kappa shape index (κ1) is 19.2. The molecule has 1 aliphatic heterocycles. The second-order valence-electron chi connectivity index (χ2n) is 8.20. The van der Waals surface area contributed by atoms with E-state index in [2.05, 4.69) is 15.7 Å². The Morgan fingerprint density at radius 2 is 1.86 bits per heavy atom. The zero-order valence-corrected chi connectivity index (χ0v) is 16.9. The summed E-state index contributed by atoms with van der Waals surface area (Å²) in [6, 6.07) is 6.78. The number of anilines is 1. The van der Waals surface area contributed by atoms with E-state index in [1.807, 2.05) is 0 Å². The van der Waals surface area contributed by atoms with Crippen molar-refractivity contribution in [2.24, 2.45) is 7.05 Å². The highest BCUT2D eigenvalue weighted by Gasteiger charge is 2.44. The van der Waals surface area contributed by atoms with Gasteiger partial charge in [0.25, 0.3) is 11.8 Å². The van der Waals surface area contributed by atoms with Crippen LogP contribution in [0.25, 0.3) is 0 Å². The van der Waals surface area contributed by atoms with E-state index in [0.29, 0.717) is 11.4 Å². The van der Waals surface area contributed by atoms with Crippen LogP contribution in [-0.4, -0.2) is 38.1 Å². The largest absolute Gasteiger partial charge is 0.325 e. The number of nitrogens with zero attached hydrogens (tertiary/aromatic N) is 3. The first-order chi connectivity index (χ1) is 13.8. The van der Waals surface area contributed by atoms with Gasteiger partial charge in [0.2, 0.25) is 0 Å². The average Bonchev–Trinajstić information content (AvgIpc) is 3.10. The smallest absolute Gasteiger partial charge is 0.324 e. The van der Waals surface area contributed by atoms with Gasteiger partial charge < -0.3 is 10.6 Å². The third-order valence-electron chi connectivity index (χ3n) is 5.53. The Kier molecular flexibility index (Phi) is 4.64. The summed E-state index contributed by atoms with van der Waals surface area (Å²) in [6.45, 7) is 3.56. The van der Waals surface area contributed by atoms with Crippen molar-refractivity contribution in [3.63, 3.8) is 0 Å². The van der Waals surface area contributed by atoms with E-state index in [4.69, 9.17) is 0 Å². The van der Waals surface area contributed by atoms with Crippen LogP contribution in [0, 0.1) is 0 Å². The van der Waals surface area contributed by atoms with Crippen molar-refractivity contribution < 1.29 is 14.4 Å². The van der Waals surface area contributed by atoms with E-state index in [1.165, 1.54) is 4.90 Å². The van der Waals surface area contributed by atoms with Crippen LogP contribution in [0.5, 0.6) is 0 Å². The number of benzene rings is 1. The minimum atomic E-state index is -0.882. The van der Waals surface area contributed by atoms with Crippen LogP contribution in [-0.2, 0) is 31.2 Å². The predicted octanol–water partition coefficient (Wildman–Crippen LogP) is 2.38. The van der Waals surface area contributed by atoms with Crippen molar-refractivity contribution in [2.75, 3.05) is 5.32 Å². The van der Waals surface area contributed by atoms with Gasteiger partial charge in [0.1, 0.15) is 11.2 Å². The molecule has 0 atom stereocenters. The molecule has 1 saturated heterocycles. The van der Waals surface area contributed by atoms with Gasteiger partial charge in [0.05, 0.1) is 12.2 Å². The van der Waals surface area contributed by atoms with Crippen LogP contribution in [0.4, 0.5) is 10.5 Å². The molecule has 1 aromatic carbocycles. The lowest BCUT2D eigenvalue weighted by molar-refractivity contribution is -0.130. The van der Waals surface area contributed by atoms with E-state index in [-0.39, 0.29) is 18.4 Å². The first-order valence-electron chi connectivity index (χ1n) is 9.85. The Bertz CT molecular complexity index is 990. The quantitative estimate of drug-likeness (QED) is 0.777. The van der Waals surface area contributed by atoms with Gasteiger partial charge >= 0.3 is 6.03 Å². The predicted molar refractivity (Wildman–Crippen MR) is 107 cm³/mol. The molecule has 2 aliphatic rings. The summed E-state index contributed by atoms with van der Waals surface area (Å²) in [6.07, 6.45) is 3.99. The molecular weight excluding hydrogens is 370 g/mol. The molecule has 4 rings (SSSR count). The van der Waals surface area contributed by atoms with E-state index in [1.54, 1.807) is 49.8 Å². The van der Waals surface area contributed by atoms with E-state index >= 15 is 0 Å². The Labute approximate surface area is 169 Å². The molecule has 0 bridgehead atoms. The fourth-order valence-electron chi connectivity index (χ4n) is 3.99. The molecule has 4 amide bonds. The maximum absolute atomic E-state index is 12.8. The van der Waals surface area contributed by atoms with Crippen molar-refractivity contribution in [2.45, 2.75) is 51.6 Å². The second kappa shape index (κ2) is 7.02. The highest BCUT2D eigenvalue weighted by atomic mass is 16.2. The Hall–Kier alpha value is -3.16. The van der Waals surface area contributed by atoms with Crippen LogP contribution >= 0.6 is 0 Å². The van der Waals surface area contributed by atoms with E-state index in [0.717, 1.165) is 42.5 Å². The van der Waals surface area contributed by atoms with Crippen LogP contribution in [0.2, 0.25) is 0 Å². The van der Waals surface area contributed by atoms with Crippen LogP contribution < -0.4 is 10.6 Å². The van der Waals surface area contributed by atoms with Gasteiger partial charge in [-0.15, -0.1) is 0 Å². The Morgan fingerprint density at radius 3 is 2.52 bits per heavy atom. The number of fused-ring (bicyclic) bond motifs is 1. The highest BCUT2D eigenvalue weighted by molar-refractivity contribution is 6.06. The van der Waals surface area contributed by atoms with Gasteiger partial charge in [-0.05, 0) is 57.2 Å². The molecule has 29 heavy (non-hydrogen) atoms.